The average molecular weight is 221 g/mol. The van der Waals surface area contributed by atoms with Crippen LogP contribution < -0.4 is 0 Å². The molecular formula is C12H15NO3. The molecule has 1 saturated heterocycles. The van der Waals surface area contributed by atoms with Crippen molar-refractivity contribution in [1.29, 1.82) is 5.26 Å². The molecule has 1 heterocycles. The quantitative estimate of drug-likeness (QED) is 0.767. The molecule has 1 aliphatic heterocycles. The smallest absolute Gasteiger partial charge is 0.199 e. The molecule has 4 nitrogen and oxygen atoms in total. The first-order chi connectivity index (χ1) is 7.79. The van der Waals surface area contributed by atoms with Crippen LogP contribution in [0.25, 0.3) is 0 Å². The van der Waals surface area contributed by atoms with Gasteiger partial charge in [0.1, 0.15) is 5.76 Å². The van der Waals surface area contributed by atoms with Crippen molar-refractivity contribution in [2.75, 3.05) is 6.61 Å². The van der Waals surface area contributed by atoms with Gasteiger partial charge in [-0.25, -0.2) is 0 Å². The van der Waals surface area contributed by atoms with Crippen LogP contribution in [0.5, 0.6) is 0 Å². The van der Waals surface area contributed by atoms with Gasteiger partial charge in [0.25, 0.3) is 0 Å². The highest BCUT2D eigenvalue weighted by atomic mass is 16.7. The molecule has 0 saturated carbocycles. The molecule has 86 valence electrons. The molecular weight excluding hydrogens is 206 g/mol. The number of hydrogen-bond donors (Lipinski definition) is 1. The second kappa shape index (κ2) is 5.15. The molecule has 2 aliphatic rings. The molecule has 3 atom stereocenters. The topological polar surface area (TPSA) is 62.5 Å². The lowest BCUT2D eigenvalue weighted by atomic mass is 9.98. The first-order valence-electron chi connectivity index (χ1n) is 5.55. The standard InChI is InChI=1S/C12H15NO3/c13-8-9-7-10(4-5-11(9)14)16-12-3-1-2-6-15-12/h4-5,7,9,11-12,14H,1-3,6H2. The van der Waals surface area contributed by atoms with E-state index in [1.807, 2.05) is 6.07 Å². The molecule has 0 amide bonds. The van der Waals surface area contributed by atoms with Crippen molar-refractivity contribution < 1.29 is 14.6 Å². The summed E-state index contributed by atoms with van der Waals surface area (Å²) < 4.78 is 11.0. The van der Waals surface area contributed by atoms with Crippen molar-refractivity contribution in [1.82, 2.24) is 0 Å². The maximum Gasteiger partial charge on any atom is 0.199 e. The zero-order valence-electron chi connectivity index (χ0n) is 9.00. The summed E-state index contributed by atoms with van der Waals surface area (Å²) in [5, 5.41) is 18.3. The summed E-state index contributed by atoms with van der Waals surface area (Å²) in [6, 6.07) is 2.02. The van der Waals surface area contributed by atoms with Crippen molar-refractivity contribution in [3.8, 4) is 6.07 Å². The first-order valence-corrected chi connectivity index (χ1v) is 5.55. The number of aliphatic hydroxyl groups is 1. The lowest BCUT2D eigenvalue weighted by molar-refractivity contribution is -0.136. The maximum atomic E-state index is 9.45. The third kappa shape index (κ3) is 2.63. The second-order valence-corrected chi connectivity index (χ2v) is 3.99. The van der Waals surface area contributed by atoms with Crippen LogP contribution in [-0.2, 0) is 9.47 Å². The molecule has 16 heavy (non-hydrogen) atoms. The van der Waals surface area contributed by atoms with Crippen LogP contribution in [0.4, 0.5) is 0 Å². The molecule has 0 aromatic rings. The van der Waals surface area contributed by atoms with Gasteiger partial charge in [-0.05, 0) is 25.0 Å². The fraction of sp³-hybridized carbons (Fsp3) is 0.583. The molecule has 0 bridgehead atoms. The highest BCUT2D eigenvalue weighted by Gasteiger charge is 2.21. The van der Waals surface area contributed by atoms with Crippen LogP contribution in [0.2, 0.25) is 0 Å². The van der Waals surface area contributed by atoms with E-state index < -0.39 is 12.0 Å². The van der Waals surface area contributed by atoms with E-state index in [-0.39, 0.29) is 6.29 Å². The Morgan fingerprint density at radius 3 is 3.06 bits per heavy atom. The van der Waals surface area contributed by atoms with Crippen LogP contribution in [0.15, 0.2) is 24.0 Å². The molecule has 1 fully saturated rings. The molecule has 0 aromatic carbocycles. The van der Waals surface area contributed by atoms with Crippen molar-refractivity contribution >= 4 is 0 Å². The fourth-order valence-corrected chi connectivity index (χ4v) is 1.79. The van der Waals surface area contributed by atoms with E-state index >= 15 is 0 Å². The number of rotatable bonds is 2. The number of aliphatic hydroxyl groups excluding tert-OH is 1. The van der Waals surface area contributed by atoms with Gasteiger partial charge in [0.2, 0.25) is 0 Å². The Balaban J connectivity index is 1.94. The summed E-state index contributed by atoms with van der Waals surface area (Å²) in [5.41, 5.74) is 0. The predicted molar refractivity (Wildman–Crippen MR) is 57.0 cm³/mol. The number of allylic oxidation sites excluding steroid dienone is 1. The zero-order chi connectivity index (χ0) is 11.4. The Morgan fingerprint density at radius 1 is 1.50 bits per heavy atom. The maximum absolute atomic E-state index is 9.45. The van der Waals surface area contributed by atoms with Crippen molar-refractivity contribution in [2.24, 2.45) is 5.92 Å². The Labute approximate surface area is 94.8 Å². The van der Waals surface area contributed by atoms with Gasteiger partial charge in [0.05, 0.1) is 24.7 Å². The largest absolute Gasteiger partial charge is 0.465 e. The lowest BCUT2D eigenvalue weighted by Crippen LogP contribution is -2.24. The van der Waals surface area contributed by atoms with Crippen LogP contribution >= 0.6 is 0 Å². The van der Waals surface area contributed by atoms with Crippen molar-refractivity contribution in [3.05, 3.63) is 24.0 Å². The van der Waals surface area contributed by atoms with Gasteiger partial charge in [0.15, 0.2) is 6.29 Å². The number of hydrogen-bond acceptors (Lipinski definition) is 4. The van der Waals surface area contributed by atoms with Gasteiger partial charge in [-0.3, -0.25) is 0 Å². The van der Waals surface area contributed by atoms with Crippen LogP contribution in [0.1, 0.15) is 19.3 Å². The minimum absolute atomic E-state index is 0.209. The van der Waals surface area contributed by atoms with Crippen LogP contribution in [0.3, 0.4) is 0 Å². The highest BCUT2D eigenvalue weighted by Crippen LogP contribution is 2.22. The summed E-state index contributed by atoms with van der Waals surface area (Å²) in [6.07, 6.45) is 7.03. The molecule has 3 unspecified atom stereocenters. The van der Waals surface area contributed by atoms with E-state index in [1.165, 1.54) is 0 Å². The van der Waals surface area contributed by atoms with E-state index in [4.69, 9.17) is 14.7 Å². The molecule has 0 radical (unpaired) electrons. The molecule has 0 aromatic heterocycles. The van der Waals surface area contributed by atoms with Gasteiger partial charge in [0, 0.05) is 6.42 Å². The Bertz CT molecular complexity index is 337. The van der Waals surface area contributed by atoms with E-state index in [9.17, 15) is 5.11 Å². The van der Waals surface area contributed by atoms with E-state index in [1.54, 1.807) is 18.2 Å². The normalized spacial score (nSPS) is 34.0. The Hall–Kier alpha value is -1.31. The zero-order valence-corrected chi connectivity index (χ0v) is 9.00. The highest BCUT2D eigenvalue weighted by molar-refractivity contribution is 5.25. The predicted octanol–water partition coefficient (Wildman–Crippen LogP) is 1.48. The number of nitrogens with zero attached hydrogens (tertiary/aromatic N) is 1. The summed E-state index contributed by atoms with van der Waals surface area (Å²) in [6.45, 7) is 0.728. The molecule has 1 aliphatic carbocycles. The molecule has 4 heteroatoms. The van der Waals surface area contributed by atoms with Gasteiger partial charge in [-0.2, -0.15) is 5.26 Å². The summed E-state index contributed by atoms with van der Waals surface area (Å²) in [4.78, 5) is 0. The monoisotopic (exact) mass is 221 g/mol. The average Bonchev–Trinajstić information content (AvgIpc) is 2.33. The van der Waals surface area contributed by atoms with E-state index in [0.717, 1.165) is 25.9 Å². The third-order valence-electron chi connectivity index (χ3n) is 2.72. The van der Waals surface area contributed by atoms with Gasteiger partial charge < -0.3 is 14.6 Å². The molecule has 2 rings (SSSR count). The van der Waals surface area contributed by atoms with Crippen LogP contribution in [-0.4, -0.2) is 24.1 Å². The number of nitriles is 1. The summed E-state index contributed by atoms with van der Waals surface area (Å²) in [5.74, 6) is 0.0901. The van der Waals surface area contributed by atoms with Crippen molar-refractivity contribution in [2.45, 2.75) is 31.7 Å². The Morgan fingerprint density at radius 2 is 2.38 bits per heavy atom. The fourth-order valence-electron chi connectivity index (χ4n) is 1.79. The minimum Gasteiger partial charge on any atom is -0.465 e. The third-order valence-corrected chi connectivity index (χ3v) is 2.72. The van der Waals surface area contributed by atoms with Gasteiger partial charge >= 0.3 is 0 Å². The van der Waals surface area contributed by atoms with E-state index in [0.29, 0.717) is 5.76 Å². The molecule has 1 N–H and O–H groups in total. The first kappa shape index (κ1) is 11.2. The molecule has 0 spiro atoms. The lowest BCUT2D eigenvalue weighted by Gasteiger charge is -2.25. The van der Waals surface area contributed by atoms with Gasteiger partial charge in [-0.15, -0.1) is 0 Å². The minimum atomic E-state index is -0.732. The van der Waals surface area contributed by atoms with Crippen LogP contribution in [0, 0.1) is 17.2 Å². The SMILES string of the molecule is N#CC1C=C(OC2CCCCO2)C=CC1O. The second-order valence-electron chi connectivity index (χ2n) is 3.99. The Kier molecular flexibility index (Phi) is 3.60. The summed E-state index contributed by atoms with van der Waals surface area (Å²) in [7, 11) is 0. The van der Waals surface area contributed by atoms with Gasteiger partial charge in [-0.1, -0.05) is 6.08 Å². The number of ether oxygens (including phenoxy) is 2. The van der Waals surface area contributed by atoms with Crippen molar-refractivity contribution in [3.63, 3.8) is 0 Å². The summed E-state index contributed by atoms with van der Waals surface area (Å²) >= 11 is 0. The van der Waals surface area contributed by atoms with E-state index in [2.05, 4.69) is 0 Å².